The first-order valence-corrected chi connectivity index (χ1v) is 9.00. The van der Waals surface area contributed by atoms with Gasteiger partial charge >= 0.3 is 5.69 Å². The zero-order chi connectivity index (χ0) is 15.7. The average molecular weight is 322 g/mol. The number of hydrogen-bond acceptors (Lipinski definition) is 4. The molecule has 0 amide bonds. The molecule has 2 aromatic rings. The summed E-state index contributed by atoms with van der Waals surface area (Å²) < 4.78 is 26.1. The van der Waals surface area contributed by atoms with Gasteiger partial charge in [-0.1, -0.05) is 22.4 Å². The monoisotopic (exact) mass is 322 g/mol. The van der Waals surface area contributed by atoms with Crippen molar-refractivity contribution in [3.8, 4) is 5.69 Å². The fourth-order valence-electron chi connectivity index (χ4n) is 2.74. The second-order valence-corrected chi connectivity index (χ2v) is 7.51. The van der Waals surface area contributed by atoms with Gasteiger partial charge < -0.3 is 4.55 Å². The van der Waals surface area contributed by atoms with E-state index in [9.17, 15) is 13.6 Å². The molecule has 1 aromatic carbocycles. The van der Waals surface area contributed by atoms with Gasteiger partial charge in [0.15, 0.2) is 0 Å². The molecule has 2 heterocycles. The number of piperidine rings is 1. The van der Waals surface area contributed by atoms with E-state index in [1.165, 1.54) is 15.2 Å². The van der Waals surface area contributed by atoms with Crippen LogP contribution in [0.25, 0.3) is 5.69 Å². The molecule has 1 aliphatic heterocycles. The van der Waals surface area contributed by atoms with Gasteiger partial charge in [-0.25, -0.2) is 4.79 Å². The molecule has 0 aliphatic carbocycles. The first kappa shape index (κ1) is 15.1. The van der Waals surface area contributed by atoms with Crippen LogP contribution in [0.2, 0.25) is 0 Å². The number of aromatic amines is 1. The molecule has 0 radical (unpaired) electrons. The van der Waals surface area contributed by atoms with Crippen molar-refractivity contribution in [1.29, 1.82) is 0 Å². The van der Waals surface area contributed by atoms with Crippen LogP contribution in [0, 0.1) is 0 Å². The second kappa shape index (κ2) is 5.79. The summed E-state index contributed by atoms with van der Waals surface area (Å²) in [4.78, 5) is 14.8. The Labute approximate surface area is 129 Å². The molecule has 1 fully saturated rings. The molecule has 1 aromatic heterocycles. The van der Waals surface area contributed by atoms with Gasteiger partial charge in [0, 0.05) is 12.5 Å². The first-order chi connectivity index (χ1) is 10.4. The number of benzene rings is 1. The number of para-hydroxylation sites is 1. The van der Waals surface area contributed by atoms with Gasteiger partial charge in [0.05, 0.1) is 12.2 Å². The van der Waals surface area contributed by atoms with Crippen LogP contribution in [0.3, 0.4) is 0 Å². The van der Waals surface area contributed by atoms with E-state index in [0.717, 1.165) is 12.8 Å². The minimum absolute atomic E-state index is 0.0823. The summed E-state index contributed by atoms with van der Waals surface area (Å²) >= 11 is 0. The predicted octanol–water partition coefficient (Wildman–Crippen LogP) is 0.915. The van der Waals surface area contributed by atoms with Crippen LogP contribution in [-0.2, 0) is 14.6 Å². The Morgan fingerprint density at radius 1 is 1.36 bits per heavy atom. The van der Waals surface area contributed by atoms with E-state index >= 15 is 0 Å². The topological polar surface area (TPSA) is 94.0 Å². The van der Waals surface area contributed by atoms with Crippen LogP contribution in [0.5, 0.6) is 0 Å². The van der Waals surface area contributed by atoms with Crippen LogP contribution in [0.1, 0.15) is 24.6 Å². The van der Waals surface area contributed by atoms with Crippen LogP contribution < -0.4 is 5.69 Å². The fourth-order valence-corrected chi connectivity index (χ4v) is 3.65. The standard InChI is InChI=1S/C14H18N4O3S/c1-22(20,21)17-9-5-6-11(10-17)13-15-14(19)18(16-13)12-7-3-2-4-8-12/h2-4,7-8,11H,5-6,9-10H2,1H3,(H-,15,16,19,20,21). The molecule has 2 atom stereocenters. The van der Waals surface area contributed by atoms with Crippen molar-refractivity contribution in [3.63, 3.8) is 0 Å². The highest BCUT2D eigenvalue weighted by Gasteiger charge is 2.32. The molecule has 3 rings (SSSR count). The Kier molecular flexibility index (Phi) is 3.98. The van der Waals surface area contributed by atoms with Crippen LogP contribution in [0.4, 0.5) is 0 Å². The molecule has 1 N–H and O–H groups in total. The molecular formula is C14H18N4O3S. The summed E-state index contributed by atoms with van der Waals surface area (Å²) in [5.74, 6) is 0.461. The summed E-state index contributed by atoms with van der Waals surface area (Å²) in [5.41, 5.74) is 0.378. The molecule has 2 unspecified atom stereocenters. The minimum atomic E-state index is -3.22. The lowest BCUT2D eigenvalue weighted by Gasteiger charge is -2.31. The zero-order valence-electron chi connectivity index (χ0n) is 12.3. The first-order valence-electron chi connectivity index (χ1n) is 7.15. The molecule has 7 nitrogen and oxygen atoms in total. The lowest BCUT2D eigenvalue weighted by molar-refractivity contribution is 0.286. The predicted molar refractivity (Wildman–Crippen MR) is 82.5 cm³/mol. The van der Waals surface area contributed by atoms with E-state index in [1.54, 1.807) is 12.1 Å². The van der Waals surface area contributed by atoms with Crippen molar-refractivity contribution < 1.29 is 8.76 Å². The number of nitrogens with zero attached hydrogens (tertiary/aromatic N) is 3. The van der Waals surface area contributed by atoms with Gasteiger partial charge in [-0.2, -0.15) is 4.68 Å². The normalized spacial score (nSPS) is 22.4. The van der Waals surface area contributed by atoms with Crippen LogP contribution >= 0.6 is 0 Å². The number of aromatic nitrogens is 3. The summed E-state index contributed by atoms with van der Waals surface area (Å²) in [6, 6.07) is 9.14. The molecule has 1 saturated heterocycles. The van der Waals surface area contributed by atoms with Crippen molar-refractivity contribution >= 4 is 10.4 Å². The van der Waals surface area contributed by atoms with Gasteiger partial charge in [-0.3, -0.25) is 4.98 Å². The zero-order valence-corrected chi connectivity index (χ0v) is 13.1. The summed E-state index contributed by atoms with van der Waals surface area (Å²) in [5, 5.41) is 4.35. The number of sulfonamides is 1. The highest BCUT2D eigenvalue weighted by Crippen LogP contribution is 2.26. The van der Waals surface area contributed by atoms with Gasteiger partial charge in [-0.15, -0.1) is 9.40 Å². The van der Waals surface area contributed by atoms with E-state index in [0.29, 0.717) is 24.6 Å². The van der Waals surface area contributed by atoms with E-state index in [-0.39, 0.29) is 11.6 Å². The maximum absolute atomic E-state index is 12.1. The maximum atomic E-state index is 12.1. The SMILES string of the molecule is C[S+](=O)([O-])N1CCCC(c2nn(-c3ccccc3)c(=O)[nH]2)C1. The number of H-pyrrole nitrogens is 1. The smallest absolute Gasteiger partial charge is 0.348 e. The molecule has 8 heteroatoms. The number of hydrogen-bond donors (Lipinski definition) is 1. The highest BCUT2D eigenvalue weighted by molar-refractivity contribution is 7.94. The number of rotatable bonds is 3. The van der Waals surface area contributed by atoms with Gasteiger partial charge in [0.2, 0.25) is 0 Å². The maximum Gasteiger partial charge on any atom is 0.348 e. The minimum Gasteiger partial charge on any atom is -0.598 e. The van der Waals surface area contributed by atoms with Crippen molar-refractivity contribution in [3.05, 3.63) is 46.6 Å². The van der Waals surface area contributed by atoms with Crippen LogP contribution in [0.15, 0.2) is 35.1 Å². The van der Waals surface area contributed by atoms with E-state index < -0.39 is 10.4 Å². The Morgan fingerprint density at radius 3 is 2.77 bits per heavy atom. The Bertz CT molecular complexity index is 749. The van der Waals surface area contributed by atoms with Gasteiger partial charge in [-0.05, 0) is 25.0 Å². The van der Waals surface area contributed by atoms with Crippen molar-refractivity contribution in [2.75, 3.05) is 19.3 Å². The summed E-state index contributed by atoms with van der Waals surface area (Å²) in [7, 11) is -3.22. The third-order valence-electron chi connectivity index (χ3n) is 3.88. The molecule has 118 valence electrons. The van der Waals surface area contributed by atoms with Crippen molar-refractivity contribution in [2.45, 2.75) is 18.8 Å². The summed E-state index contributed by atoms with van der Waals surface area (Å²) in [6.07, 6.45) is 2.78. The molecule has 0 bridgehead atoms. The summed E-state index contributed by atoms with van der Waals surface area (Å²) in [6.45, 7) is 0.888. The molecule has 22 heavy (non-hydrogen) atoms. The number of nitrogens with one attached hydrogen (secondary N) is 1. The highest BCUT2D eigenvalue weighted by atomic mass is 32.3. The largest absolute Gasteiger partial charge is 0.598 e. The lowest BCUT2D eigenvalue weighted by Crippen LogP contribution is -2.42. The van der Waals surface area contributed by atoms with E-state index in [1.807, 2.05) is 18.2 Å². The third kappa shape index (κ3) is 3.03. The Balaban J connectivity index is 1.87. The molecule has 0 spiro atoms. The Morgan fingerprint density at radius 2 is 2.09 bits per heavy atom. The van der Waals surface area contributed by atoms with Crippen molar-refractivity contribution in [1.82, 2.24) is 19.1 Å². The van der Waals surface area contributed by atoms with E-state index in [2.05, 4.69) is 10.1 Å². The van der Waals surface area contributed by atoms with Gasteiger partial charge in [0.25, 0.3) is 0 Å². The fraction of sp³-hybridized carbons (Fsp3) is 0.429. The van der Waals surface area contributed by atoms with Gasteiger partial charge in [0.1, 0.15) is 22.5 Å². The molecule has 0 saturated carbocycles. The van der Waals surface area contributed by atoms with Crippen LogP contribution in [-0.4, -0.2) is 43.0 Å². The molecule has 1 aliphatic rings. The molecular weight excluding hydrogens is 304 g/mol. The van der Waals surface area contributed by atoms with Crippen molar-refractivity contribution in [2.24, 2.45) is 0 Å². The third-order valence-corrected chi connectivity index (χ3v) is 5.15. The lowest BCUT2D eigenvalue weighted by atomic mass is 9.99. The quantitative estimate of drug-likeness (QED) is 0.850. The second-order valence-electron chi connectivity index (χ2n) is 5.52. The van der Waals surface area contributed by atoms with E-state index in [4.69, 9.17) is 0 Å². The average Bonchev–Trinajstić information content (AvgIpc) is 2.89. The Hall–Kier alpha value is -1.77.